The maximum absolute atomic E-state index is 11.8. The Kier molecular flexibility index (Phi) is 3.10. The first kappa shape index (κ1) is 11.7. The highest BCUT2D eigenvalue weighted by Crippen LogP contribution is 2.39. The number of esters is 1. The Hall–Kier alpha value is -0.780. The smallest absolute Gasteiger partial charge is 0.422 e. The zero-order valence-corrected chi connectivity index (χ0v) is 8.72. The van der Waals surface area contributed by atoms with Crippen LogP contribution in [-0.2, 0) is 9.53 Å². The van der Waals surface area contributed by atoms with Gasteiger partial charge < -0.3 is 10.1 Å². The molecule has 1 saturated heterocycles. The molecule has 1 heterocycles. The molecule has 0 aromatic rings. The Balaban J connectivity index is 1.79. The number of carbonyl (C=O) groups excluding carboxylic acids is 1. The summed E-state index contributed by atoms with van der Waals surface area (Å²) in [6.07, 6.45) is -3.10. The number of nitrogens with one attached hydrogen (secondary N) is 1. The average molecular weight is 237 g/mol. The van der Waals surface area contributed by atoms with Crippen LogP contribution in [0.2, 0.25) is 0 Å². The van der Waals surface area contributed by atoms with Crippen LogP contribution < -0.4 is 5.32 Å². The first-order valence-corrected chi connectivity index (χ1v) is 5.40. The van der Waals surface area contributed by atoms with Gasteiger partial charge in [-0.15, -0.1) is 0 Å². The number of halogens is 3. The summed E-state index contributed by atoms with van der Waals surface area (Å²) in [5, 5.41) is 3.21. The molecule has 0 aromatic heterocycles. The predicted molar refractivity (Wildman–Crippen MR) is 49.6 cm³/mol. The Morgan fingerprint density at radius 3 is 2.31 bits per heavy atom. The average Bonchev–Trinajstić information content (AvgIpc) is 2.71. The van der Waals surface area contributed by atoms with Crippen molar-refractivity contribution in [3.8, 4) is 0 Å². The van der Waals surface area contributed by atoms with E-state index in [1.807, 2.05) is 0 Å². The normalized spacial score (nSPS) is 33.8. The number of fused-ring (bicyclic) bond motifs is 1. The lowest BCUT2D eigenvalue weighted by Gasteiger charge is -2.12. The van der Waals surface area contributed by atoms with Gasteiger partial charge in [0, 0.05) is 0 Å². The first-order chi connectivity index (χ1) is 7.46. The summed E-state index contributed by atoms with van der Waals surface area (Å²) in [5.41, 5.74) is 0. The minimum Gasteiger partial charge on any atom is -0.456 e. The number of alkyl halides is 3. The molecule has 1 N–H and O–H groups in total. The van der Waals surface area contributed by atoms with E-state index in [-0.39, 0.29) is 5.92 Å². The van der Waals surface area contributed by atoms with Crippen LogP contribution in [0.15, 0.2) is 0 Å². The summed E-state index contributed by atoms with van der Waals surface area (Å²) in [5.74, 6) is -0.155. The highest BCUT2D eigenvalue weighted by Gasteiger charge is 2.41. The van der Waals surface area contributed by atoms with Crippen molar-refractivity contribution in [2.75, 3.05) is 19.7 Å². The zero-order valence-electron chi connectivity index (χ0n) is 8.72. The summed E-state index contributed by atoms with van der Waals surface area (Å²) in [6, 6.07) is 0. The molecule has 0 radical (unpaired) electrons. The van der Waals surface area contributed by atoms with Gasteiger partial charge in [-0.05, 0) is 37.8 Å². The molecule has 6 heteroatoms. The lowest BCUT2D eigenvalue weighted by molar-refractivity contribution is -0.189. The second-order valence-corrected chi connectivity index (χ2v) is 4.57. The van der Waals surface area contributed by atoms with E-state index in [1.165, 1.54) is 0 Å². The van der Waals surface area contributed by atoms with Crippen LogP contribution in [0.4, 0.5) is 13.2 Å². The third-order valence-electron chi connectivity index (χ3n) is 3.37. The third kappa shape index (κ3) is 2.66. The van der Waals surface area contributed by atoms with Gasteiger partial charge in [0.25, 0.3) is 0 Å². The van der Waals surface area contributed by atoms with Gasteiger partial charge in [-0.25, -0.2) is 0 Å². The Labute approximate surface area is 91.3 Å². The Bertz CT molecular complexity index is 268. The first-order valence-electron chi connectivity index (χ1n) is 5.40. The number of hydrogen-bond acceptors (Lipinski definition) is 3. The maximum atomic E-state index is 11.8. The van der Waals surface area contributed by atoms with E-state index < -0.39 is 18.8 Å². The Morgan fingerprint density at radius 2 is 1.81 bits per heavy atom. The van der Waals surface area contributed by atoms with Crippen molar-refractivity contribution >= 4 is 5.97 Å². The fourth-order valence-electron chi connectivity index (χ4n) is 2.63. The highest BCUT2D eigenvalue weighted by molar-refractivity contribution is 5.73. The van der Waals surface area contributed by atoms with Crippen LogP contribution in [0, 0.1) is 17.8 Å². The fourth-order valence-corrected chi connectivity index (χ4v) is 2.63. The lowest BCUT2D eigenvalue weighted by Crippen LogP contribution is -2.25. The fraction of sp³-hybridized carbons (Fsp3) is 0.900. The van der Waals surface area contributed by atoms with Crippen molar-refractivity contribution in [3.63, 3.8) is 0 Å². The predicted octanol–water partition coefficient (Wildman–Crippen LogP) is 1.34. The largest absolute Gasteiger partial charge is 0.456 e. The number of ether oxygens (including phenoxy) is 1. The van der Waals surface area contributed by atoms with Crippen molar-refractivity contribution in [2.45, 2.75) is 19.0 Å². The summed E-state index contributed by atoms with van der Waals surface area (Å²) in [4.78, 5) is 11.4. The molecule has 1 saturated carbocycles. The van der Waals surface area contributed by atoms with Crippen LogP contribution in [0.5, 0.6) is 0 Å². The monoisotopic (exact) mass is 237 g/mol. The molecule has 1 aliphatic carbocycles. The van der Waals surface area contributed by atoms with Crippen LogP contribution in [-0.4, -0.2) is 31.8 Å². The third-order valence-corrected chi connectivity index (χ3v) is 3.37. The minimum absolute atomic E-state index is 0.334. The van der Waals surface area contributed by atoms with Crippen molar-refractivity contribution in [1.82, 2.24) is 5.32 Å². The molecule has 0 aromatic carbocycles. The molecular formula is C10H14F3NO2. The molecular weight excluding hydrogens is 223 g/mol. The van der Waals surface area contributed by atoms with E-state index in [0.717, 1.165) is 13.1 Å². The second-order valence-electron chi connectivity index (χ2n) is 4.57. The van der Waals surface area contributed by atoms with E-state index in [9.17, 15) is 18.0 Å². The SMILES string of the molecule is O=C(OCC(F)(F)F)C1CC2CNCC2C1. The van der Waals surface area contributed by atoms with Crippen LogP contribution in [0.3, 0.4) is 0 Å². The molecule has 2 atom stereocenters. The van der Waals surface area contributed by atoms with Crippen LogP contribution >= 0.6 is 0 Å². The van der Waals surface area contributed by atoms with Gasteiger partial charge >= 0.3 is 12.1 Å². The molecule has 3 nitrogen and oxygen atoms in total. The molecule has 1 aliphatic heterocycles. The standard InChI is InChI=1S/C10H14F3NO2/c11-10(12,13)5-16-9(15)6-1-7-3-14-4-8(7)2-6/h6-8,14H,1-5H2. The molecule has 0 spiro atoms. The van der Waals surface area contributed by atoms with Crippen LogP contribution in [0.1, 0.15) is 12.8 Å². The number of carbonyl (C=O) groups is 1. The maximum Gasteiger partial charge on any atom is 0.422 e. The van der Waals surface area contributed by atoms with E-state index in [4.69, 9.17) is 0 Å². The van der Waals surface area contributed by atoms with Crippen molar-refractivity contribution in [3.05, 3.63) is 0 Å². The summed E-state index contributed by atoms with van der Waals surface area (Å²) in [6.45, 7) is 0.275. The quantitative estimate of drug-likeness (QED) is 0.736. The minimum atomic E-state index is -4.42. The van der Waals surface area contributed by atoms with Gasteiger partial charge in [-0.1, -0.05) is 0 Å². The van der Waals surface area contributed by atoms with Crippen molar-refractivity contribution in [1.29, 1.82) is 0 Å². The second kappa shape index (κ2) is 4.24. The van der Waals surface area contributed by atoms with Gasteiger partial charge in [0.1, 0.15) is 0 Å². The number of hydrogen-bond donors (Lipinski definition) is 1. The molecule has 2 rings (SSSR count). The van der Waals surface area contributed by atoms with E-state index in [1.54, 1.807) is 0 Å². The van der Waals surface area contributed by atoms with Gasteiger partial charge in [0.2, 0.25) is 0 Å². The molecule has 2 unspecified atom stereocenters. The lowest BCUT2D eigenvalue weighted by atomic mass is 10.0. The highest BCUT2D eigenvalue weighted by atomic mass is 19.4. The van der Waals surface area contributed by atoms with Gasteiger partial charge in [0.15, 0.2) is 6.61 Å². The van der Waals surface area contributed by atoms with Gasteiger partial charge in [-0.3, -0.25) is 4.79 Å². The van der Waals surface area contributed by atoms with E-state index in [0.29, 0.717) is 24.7 Å². The molecule has 2 aliphatic rings. The van der Waals surface area contributed by atoms with Crippen molar-refractivity contribution < 1.29 is 22.7 Å². The molecule has 0 bridgehead atoms. The summed E-state index contributed by atoms with van der Waals surface area (Å²) in [7, 11) is 0. The van der Waals surface area contributed by atoms with Crippen LogP contribution in [0.25, 0.3) is 0 Å². The number of rotatable bonds is 2. The molecule has 2 fully saturated rings. The molecule has 16 heavy (non-hydrogen) atoms. The van der Waals surface area contributed by atoms with E-state index >= 15 is 0 Å². The topological polar surface area (TPSA) is 38.3 Å². The molecule has 92 valence electrons. The summed E-state index contributed by atoms with van der Waals surface area (Å²) >= 11 is 0. The summed E-state index contributed by atoms with van der Waals surface area (Å²) < 4.78 is 39.8. The van der Waals surface area contributed by atoms with Gasteiger partial charge in [-0.2, -0.15) is 13.2 Å². The zero-order chi connectivity index (χ0) is 11.8. The Morgan fingerprint density at radius 1 is 1.25 bits per heavy atom. The van der Waals surface area contributed by atoms with Crippen molar-refractivity contribution in [2.24, 2.45) is 17.8 Å². The van der Waals surface area contributed by atoms with E-state index in [2.05, 4.69) is 10.1 Å². The van der Waals surface area contributed by atoms with Gasteiger partial charge in [0.05, 0.1) is 5.92 Å². The molecule has 0 amide bonds.